The number of amides is 6. The molecule has 0 aliphatic rings. The van der Waals surface area contributed by atoms with Gasteiger partial charge in [-0.2, -0.15) is 0 Å². The Morgan fingerprint density at radius 1 is 0.600 bits per heavy atom. The van der Waals surface area contributed by atoms with E-state index in [1.165, 1.54) is 12.5 Å². The Hall–Kier alpha value is -8.06. The number of fused-ring (bicyclic) bond motifs is 2. The van der Waals surface area contributed by atoms with Gasteiger partial charge in [0.1, 0.15) is 30.2 Å². The molecule has 0 saturated carbocycles. The first-order valence-electron chi connectivity index (χ1n) is 23.4. The lowest BCUT2D eigenvalue weighted by molar-refractivity contribution is -0.135. The second-order valence-electron chi connectivity index (χ2n) is 17.3. The summed E-state index contributed by atoms with van der Waals surface area (Å²) in [4.78, 5) is 98.4. The number of hydrogen-bond donors (Lipinski definition) is 11. The Bertz CT molecular complexity index is 2740. The van der Waals surface area contributed by atoms with Crippen LogP contribution < -0.4 is 49.5 Å². The number of benzene rings is 4. The third kappa shape index (κ3) is 15.0. The van der Waals surface area contributed by atoms with Crippen molar-refractivity contribution in [2.24, 2.45) is 27.9 Å². The number of aromatic amines is 2. The lowest BCUT2D eigenvalue weighted by Gasteiger charge is -2.27. The molecule has 19 heteroatoms. The van der Waals surface area contributed by atoms with Crippen LogP contribution in [0.2, 0.25) is 0 Å². The Kier molecular flexibility index (Phi) is 18.6. The van der Waals surface area contributed by atoms with E-state index in [1.807, 2.05) is 104 Å². The van der Waals surface area contributed by atoms with Crippen molar-refractivity contribution in [2.75, 3.05) is 6.54 Å². The molecule has 0 saturated heterocycles. The molecule has 0 bridgehead atoms. The Balaban J connectivity index is 1.29. The number of nitrogens with one attached hydrogen (secondary N) is 7. The molecule has 19 nitrogen and oxygen atoms in total. The average molecular weight is 954 g/mol. The van der Waals surface area contributed by atoms with Gasteiger partial charge in [0.25, 0.3) is 0 Å². The van der Waals surface area contributed by atoms with E-state index in [4.69, 9.17) is 22.9 Å². The summed E-state index contributed by atoms with van der Waals surface area (Å²) in [5.74, 6) is -4.29. The molecule has 0 aliphatic heterocycles. The van der Waals surface area contributed by atoms with Gasteiger partial charge in [-0.1, -0.05) is 111 Å². The van der Waals surface area contributed by atoms with Crippen molar-refractivity contribution >= 4 is 63.1 Å². The maximum Gasteiger partial charge on any atom is 0.243 e. The summed E-state index contributed by atoms with van der Waals surface area (Å²) in [5, 5.41) is 16.7. The molecule has 6 atom stereocenters. The number of unbranched alkanes of at least 4 members (excludes halogenated alkanes) is 1. The fourth-order valence-electron chi connectivity index (χ4n) is 8.16. The Labute approximate surface area is 405 Å². The van der Waals surface area contributed by atoms with E-state index >= 15 is 0 Å². The van der Waals surface area contributed by atoms with Crippen LogP contribution in [0.25, 0.3) is 21.7 Å². The van der Waals surface area contributed by atoms with Crippen molar-refractivity contribution in [3.05, 3.63) is 138 Å². The molecule has 0 fully saturated rings. The van der Waals surface area contributed by atoms with E-state index in [0.29, 0.717) is 29.7 Å². The van der Waals surface area contributed by atoms with Gasteiger partial charge in [-0.15, -0.1) is 0 Å². The number of rotatable bonds is 26. The SMILES string of the molecule is CCCC[C@H](NC(=O)[C@H](Cc1c[nH]c2ccccc12)NC(=O)[C@H](CCCN=C(N)N)NC(=O)[C@@H](Cc1ccc2ccccc2c1)NC(=O)[C@H](Cc1cnc[nH]1)NC(=O)[C@@H](N)Cc1ccccc1)C(N)=O. The lowest BCUT2D eigenvalue weighted by atomic mass is 9.99. The summed E-state index contributed by atoms with van der Waals surface area (Å²) in [5.41, 5.74) is 26.9. The lowest BCUT2D eigenvalue weighted by Crippen LogP contribution is -2.60. The molecule has 15 N–H and O–H groups in total. The molecule has 2 heterocycles. The summed E-state index contributed by atoms with van der Waals surface area (Å²) in [6, 6.07) is 23.0. The fraction of sp³-hybridized carbons (Fsp3) is 0.333. The van der Waals surface area contributed by atoms with Crippen molar-refractivity contribution in [2.45, 2.75) is 101 Å². The smallest absolute Gasteiger partial charge is 0.243 e. The van der Waals surface area contributed by atoms with E-state index in [0.717, 1.165) is 33.7 Å². The maximum absolute atomic E-state index is 14.8. The zero-order chi connectivity index (χ0) is 50.0. The average Bonchev–Trinajstić information content (AvgIpc) is 4.03. The number of nitrogens with zero attached hydrogens (tertiary/aromatic N) is 2. The van der Waals surface area contributed by atoms with Gasteiger partial charge in [0.05, 0.1) is 12.4 Å². The van der Waals surface area contributed by atoms with Gasteiger partial charge < -0.3 is 59.5 Å². The van der Waals surface area contributed by atoms with E-state index in [9.17, 15) is 28.8 Å². The number of primary amides is 1. The third-order valence-corrected chi connectivity index (χ3v) is 12.0. The minimum absolute atomic E-state index is 0.00460. The number of aromatic nitrogens is 3. The highest BCUT2D eigenvalue weighted by atomic mass is 16.2. The number of H-pyrrole nitrogens is 2. The van der Waals surface area contributed by atoms with Crippen molar-refractivity contribution in [3.8, 4) is 0 Å². The van der Waals surface area contributed by atoms with Crippen molar-refractivity contribution < 1.29 is 28.8 Å². The largest absolute Gasteiger partial charge is 0.370 e. The van der Waals surface area contributed by atoms with E-state index in [-0.39, 0.29) is 51.0 Å². The van der Waals surface area contributed by atoms with Crippen molar-refractivity contribution in [3.63, 3.8) is 0 Å². The molecule has 70 heavy (non-hydrogen) atoms. The van der Waals surface area contributed by atoms with Crippen LogP contribution >= 0.6 is 0 Å². The quantitative estimate of drug-likeness (QED) is 0.0213. The van der Waals surface area contributed by atoms with Crippen LogP contribution in [-0.2, 0) is 54.5 Å². The number of hydrogen-bond acceptors (Lipinski definition) is 9. The third-order valence-electron chi connectivity index (χ3n) is 12.0. The molecular formula is C51H63N13O6. The fourth-order valence-corrected chi connectivity index (χ4v) is 8.16. The maximum atomic E-state index is 14.8. The first kappa shape index (κ1) is 51.3. The van der Waals surface area contributed by atoms with Gasteiger partial charge in [-0.3, -0.25) is 33.8 Å². The van der Waals surface area contributed by atoms with Crippen molar-refractivity contribution in [1.82, 2.24) is 41.5 Å². The van der Waals surface area contributed by atoms with Crippen LogP contribution in [0, 0.1) is 0 Å². The number of carbonyl (C=O) groups is 6. The van der Waals surface area contributed by atoms with E-state index < -0.39 is 71.7 Å². The summed E-state index contributed by atoms with van der Waals surface area (Å²) in [7, 11) is 0. The molecule has 6 rings (SSSR count). The van der Waals surface area contributed by atoms with Crippen LogP contribution in [0.5, 0.6) is 0 Å². The van der Waals surface area contributed by atoms with Crippen LogP contribution in [0.4, 0.5) is 0 Å². The van der Waals surface area contributed by atoms with Crippen LogP contribution in [0.3, 0.4) is 0 Å². The monoisotopic (exact) mass is 954 g/mol. The zero-order valence-electron chi connectivity index (χ0n) is 39.2. The number of carbonyl (C=O) groups excluding carboxylic acids is 6. The molecule has 4 aromatic carbocycles. The van der Waals surface area contributed by atoms with Crippen LogP contribution in [0.15, 0.2) is 121 Å². The number of nitrogens with two attached hydrogens (primary N) is 4. The van der Waals surface area contributed by atoms with E-state index in [1.54, 1.807) is 6.20 Å². The second kappa shape index (κ2) is 25.3. The van der Waals surface area contributed by atoms with Gasteiger partial charge in [0.2, 0.25) is 35.4 Å². The summed E-state index contributed by atoms with van der Waals surface area (Å²) < 4.78 is 0. The summed E-state index contributed by atoms with van der Waals surface area (Å²) >= 11 is 0. The number of para-hydroxylation sites is 1. The molecular weight excluding hydrogens is 891 g/mol. The molecule has 2 aromatic heterocycles. The molecule has 6 aromatic rings. The summed E-state index contributed by atoms with van der Waals surface area (Å²) in [6.45, 7) is 2.05. The zero-order valence-corrected chi connectivity index (χ0v) is 39.2. The highest BCUT2D eigenvalue weighted by Gasteiger charge is 2.33. The minimum atomic E-state index is -1.30. The number of aliphatic imine (C=N–C) groups is 1. The highest BCUT2D eigenvalue weighted by Crippen LogP contribution is 2.21. The van der Waals surface area contributed by atoms with Gasteiger partial charge in [-0.25, -0.2) is 4.98 Å². The van der Waals surface area contributed by atoms with E-state index in [2.05, 4.69) is 46.5 Å². The first-order valence-corrected chi connectivity index (χ1v) is 23.4. The minimum Gasteiger partial charge on any atom is -0.370 e. The van der Waals surface area contributed by atoms with Crippen molar-refractivity contribution in [1.29, 1.82) is 0 Å². The van der Waals surface area contributed by atoms with Crippen LogP contribution in [-0.4, -0.2) is 99.2 Å². The predicted octanol–water partition coefficient (Wildman–Crippen LogP) is 1.80. The molecule has 0 aliphatic carbocycles. The Morgan fingerprint density at radius 2 is 1.20 bits per heavy atom. The Morgan fingerprint density at radius 3 is 1.89 bits per heavy atom. The van der Waals surface area contributed by atoms with Crippen LogP contribution in [0.1, 0.15) is 61.4 Å². The molecule has 368 valence electrons. The molecule has 0 unspecified atom stereocenters. The number of guanidine groups is 1. The topological polar surface area (TPSA) is 323 Å². The number of imidazole rings is 1. The molecule has 6 amide bonds. The van der Waals surface area contributed by atoms with Gasteiger partial charge in [0.15, 0.2) is 5.96 Å². The predicted molar refractivity (Wildman–Crippen MR) is 268 cm³/mol. The molecule has 0 radical (unpaired) electrons. The summed E-state index contributed by atoms with van der Waals surface area (Å²) in [6.07, 6.45) is 6.77. The van der Waals surface area contributed by atoms with Gasteiger partial charge >= 0.3 is 0 Å². The van der Waals surface area contributed by atoms with Gasteiger partial charge in [-0.05, 0) is 59.2 Å². The van der Waals surface area contributed by atoms with Gasteiger partial charge in [0, 0.05) is 54.8 Å². The second-order valence-corrected chi connectivity index (χ2v) is 17.3. The highest BCUT2D eigenvalue weighted by molar-refractivity contribution is 5.97. The normalized spacial score (nSPS) is 13.7. The first-order chi connectivity index (χ1) is 33.8. The standard InChI is InChI=1S/C51H63N13O6/c1-2-3-17-40(45(53)65)60-49(69)43(26-35-28-58-39-18-10-9-16-37(35)39)64-47(67)41(19-11-22-57-51(54)55)61-48(68)42(25-32-20-21-33-14-7-8-15-34(33)23-32)63-50(70)44(27-36-29-56-30-59-36)62-46(66)38(52)24-31-12-5-4-6-13-31/h4-10,12-16,18,20-21,23,28-30,38,40-44,58H,2-3,11,17,19,22,24-27,52H2,1H3,(H2,53,65)(H,56,59)(H,60,69)(H,61,68)(H,62,66)(H,63,70)(H,64,67)(H4,54,55,57)/t38-,40-,41-,42+,43-,44-/m0/s1. The molecule has 0 spiro atoms.